The van der Waals surface area contributed by atoms with Gasteiger partial charge in [-0.1, -0.05) is 23.2 Å². The Kier molecular flexibility index (Phi) is 7.20. The molecule has 0 bridgehead atoms. The van der Waals surface area contributed by atoms with Crippen molar-refractivity contribution < 1.29 is 40.2 Å². The van der Waals surface area contributed by atoms with Gasteiger partial charge < -0.3 is 14.8 Å². The number of nitrogens with one attached hydrogen (secondary N) is 1. The minimum absolute atomic E-state index is 0.0682. The number of carbonyl (C=O) groups is 1. The molecule has 0 atom stereocenters. The third-order valence-electron chi connectivity index (χ3n) is 5.57. The minimum Gasteiger partial charge on any atom is -0.478 e. The summed E-state index contributed by atoms with van der Waals surface area (Å²) in [6, 6.07) is 3.34. The van der Waals surface area contributed by atoms with E-state index >= 15 is 0 Å². The number of hydrogen-bond acceptors (Lipinski definition) is 7. The van der Waals surface area contributed by atoms with E-state index in [-0.39, 0.29) is 51.7 Å². The van der Waals surface area contributed by atoms with Crippen LogP contribution in [0, 0.1) is 5.82 Å². The van der Waals surface area contributed by atoms with Crippen molar-refractivity contribution >= 4 is 44.6 Å². The maximum Gasteiger partial charge on any atom is 0.422 e. The number of rotatable bonds is 6. The minimum atomic E-state index is -4.69. The van der Waals surface area contributed by atoms with Crippen LogP contribution >= 0.6 is 23.2 Å². The highest BCUT2D eigenvalue weighted by molar-refractivity contribution is 7.91. The number of imidazole rings is 1. The summed E-state index contributed by atoms with van der Waals surface area (Å²) in [5, 5.41) is 2.36. The van der Waals surface area contributed by atoms with E-state index in [0.29, 0.717) is 12.3 Å². The molecule has 0 unspecified atom stereocenters. The lowest BCUT2D eigenvalue weighted by molar-refractivity contribution is -0.153. The Labute approximate surface area is 217 Å². The normalized spacial score (nSPS) is 16.9. The van der Waals surface area contributed by atoms with Crippen molar-refractivity contribution in [2.24, 2.45) is 0 Å². The Morgan fingerprint density at radius 2 is 1.86 bits per heavy atom. The van der Waals surface area contributed by atoms with Gasteiger partial charge in [0.05, 0.1) is 17.7 Å². The summed E-state index contributed by atoms with van der Waals surface area (Å²) in [6.45, 7) is 0.00821. The van der Waals surface area contributed by atoms with Crippen LogP contribution in [0.15, 0.2) is 24.4 Å². The lowest BCUT2D eigenvalue weighted by atomic mass is 9.95. The topological polar surface area (TPSA) is 112 Å². The van der Waals surface area contributed by atoms with Gasteiger partial charge in [-0.15, -0.1) is 0 Å². The van der Waals surface area contributed by atoms with E-state index in [4.69, 9.17) is 27.9 Å². The average Bonchev–Trinajstić information content (AvgIpc) is 3.14. The highest BCUT2D eigenvalue weighted by atomic mass is 35.5. The molecule has 0 spiro atoms. The van der Waals surface area contributed by atoms with E-state index in [2.05, 4.69) is 20.0 Å². The Bertz CT molecular complexity index is 1470. The molecule has 1 aliphatic heterocycles. The predicted octanol–water partition coefficient (Wildman–Crippen LogP) is 4.61. The van der Waals surface area contributed by atoms with E-state index in [1.54, 1.807) is 6.92 Å². The van der Waals surface area contributed by atoms with Crippen molar-refractivity contribution in [3.63, 3.8) is 0 Å². The molecule has 4 rings (SSSR count). The average molecular weight is 585 g/mol. The first kappa shape index (κ1) is 27.2. The molecule has 200 valence electrons. The number of carbonyl (C=O) groups excluding carboxylic acids is 1. The SMILES string of the molecule is CC1(NC(=O)c2nc3ccc(Oc4ncc(F)cc4OCC(F)(F)F)c(Cl)n3c2Cl)CCS(=O)(=O)CC1. The maximum atomic E-state index is 13.6. The standard InChI is InChI=1S/C21H18Cl2F4N4O5S/c1-20(4-6-37(33,34)7-5-20)30-18(32)15-17(23)31-14(29-15)3-2-12(16(31)22)36-19-13(8-11(24)9-28-19)35-10-21(25,26)27/h2-3,8-9H,4-7,10H2,1H3,(H,30,32). The summed E-state index contributed by atoms with van der Waals surface area (Å²) in [5.74, 6) is -3.02. The first-order valence-electron chi connectivity index (χ1n) is 10.6. The Balaban J connectivity index is 1.61. The number of aromatic nitrogens is 3. The number of fused-ring (bicyclic) bond motifs is 1. The van der Waals surface area contributed by atoms with Crippen LogP contribution in [0.25, 0.3) is 5.65 Å². The van der Waals surface area contributed by atoms with Gasteiger partial charge in [0.25, 0.3) is 11.8 Å². The summed E-state index contributed by atoms with van der Waals surface area (Å²) in [7, 11) is -3.15. The van der Waals surface area contributed by atoms with Gasteiger partial charge in [0, 0.05) is 11.6 Å². The number of pyridine rings is 2. The van der Waals surface area contributed by atoms with Crippen LogP contribution < -0.4 is 14.8 Å². The molecule has 3 aromatic rings. The van der Waals surface area contributed by atoms with Gasteiger partial charge >= 0.3 is 6.18 Å². The molecular formula is C21H18Cl2F4N4O5S. The molecule has 0 radical (unpaired) electrons. The first-order chi connectivity index (χ1) is 17.2. The number of amides is 1. The molecule has 16 heteroatoms. The fourth-order valence-corrected chi connectivity index (χ4v) is 5.91. The van der Waals surface area contributed by atoms with Crippen molar-refractivity contribution in [2.75, 3.05) is 18.1 Å². The van der Waals surface area contributed by atoms with Crippen LogP contribution in [-0.4, -0.2) is 58.5 Å². The lowest BCUT2D eigenvalue weighted by Crippen LogP contribution is -2.51. The number of halogens is 6. The molecule has 1 saturated heterocycles. The van der Waals surface area contributed by atoms with E-state index < -0.39 is 51.5 Å². The van der Waals surface area contributed by atoms with Gasteiger partial charge in [-0.2, -0.15) is 13.2 Å². The first-order valence-corrected chi connectivity index (χ1v) is 13.2. The second kappa shape index (κ2) is 9.80. The van der Waals surface area contributed by atoms with Crippen LogP contribution in [0.3, 0.4) is 0 Å². The lowest BCUT2D eigenvalue weighted by Gasteiger charge is -2.34. The van der Waals surface area contributed by atoms with Crippen molar-refractivity contribution in [1.29, 1.82) is 0 Å². The number of sulfone groups is 1. The molecule has 4 heterocycles. The zero-order valence-corrected chi connectivity index (χ0v) is 21.2. The summed E-state index contributed by atoms with van der Waals surface area (Å²) >= 11 is 12.8. The smallest absolute Gasteiger partial charge is 0.422 e. The van der Waals surface area contributed by atoms with Crippen LogP contribution in [0.2, 0.25) is 10.3 Å². The quantitative estimate of drug-likeness (QED) is 0.332. The third kappa shape index (κ3) is 6.18. The Hall–Kier alpha value is -2.84. The molecular weight excluding hydrogens is 567 g/mol. The molecule has 9 nitrogen and oxygen atoms in total. The van der Waals surface area contributed by atoms with Gasteiger partial charge in [0.15, 0.2) is 29.0 Å². The Morgan fingerprint density at radius 1 is 1.19 bits per heavy atom. The monoisotopic (exact) mass is 584 g/mol. The predicted molar refractivity (Wildman–Crippen MR) is 125 cm³/mol. The molecule has 3 aromatic heterocycles. The van der Waals surface area contributed by atoms with Crippen LogP contribution in [0.5, 0.6) is 17.4 Å². The van der Waals surface area contributed by atoms with Crippen molar-refractivity contribution in [2.45, 2.75) is 31.5 Å². The highest BCUT2D eigenvalue weighted by Gasteiger charge is 2.36. The molecule has 0 saturated carbocycles. The van der Waals surface area contributed by atoms with Gasteiger partial charge in [-0.05, 0) is 31.9 Å². The van der Waals surface area contributed by atoms with Crippen molar-refractivity contribution in [3.8, 4) is 17.4 Å². The summed E-state index contributed by atoms with van der Waals surface area (Å²) < 4.78 is 86.0. The molecule has 1 N–H and O–H groups in total. The van der Waals surface area contributed by atoms with Crippen molar-refractivity contribution in [3.05, 3.63) is 46.2 Å². The van der Waals surface area contributed by atoms with Gasteiger partial charge in [0.1, 0.15) is 26.5 Å². The van der Waals surface area contributed by atoms with Gasteiger partial charge in [0.2, 0.25) is 0 Å². The van der Waals surface area contributed by atoms with E-state index in [9.17, 15) is 30.8 Å². The fraction of sp³-hybridized carbons (Fsp3) is 0.381. The summed E-state index contributed by atoms with van der Waals surface area (Å²) in [4.78, 5) is 20.7. The summed E-state index contributed by atoms with van der Waals surface area (Å²) in [5.41, 5.74) is -0.838. The van der Waals surface area contributed by atoms with Crippen LogP contribution in [0.1, 0.15) is 30.3 Å². The molecule has 37 heavy (non-hydrogen) atoms. The van der Waals surface area contributed by atoms with Crippen LogP contribution in [-0.2, 0) is 9.84 Å². The molecule has 1 fully saturated rings. The molecule has 1 aliphatic rings. The number of ether oxygens (including phenoxy) is 2. The van der Waals surface area contributed by atoms with E-state index in [1.165, 1.54) is 12.1 Å². The van der Waals surface area contributed by atoms with Crippen molar-refractivity contribution in [1.82, 2.24) is 19.7 Å². The summed E-state index contributed by atoms with van der Waals surface area (Å²) in [6.07, 6.45) is -3.54. The van der Waals surface area contributed by atoms with Crippen LogP contribution in [0.4, 0.5) is 17.6 Å². The third-order valence-corrected chi connectivity index (χ3v) is 7.93. The largest absolute Gasteiger partial charge is 0.478 e. The number of alkyl halides is 3. The second-order valence-electron chi connectivity index (χ2n) is 8.56. The molecule has 0 aromatic carbocycles. The van der Waals surface area contributed by atoms with Gasteiger partial charge in [-0.25, -0.2) is 22.8 Å². The second-order valence-corrected chi connectivity index (χ2v) is 11.6. The Morgan fingerprint density at radius 3 is 2.51 bits per heavy atom. The molecule has 0 aliphatic carbocycles. The van der Waals surface area contributed by atoms with Gasteiger partial charge in [-0.3, -0.25) is 9.20 Å². The number of nitrogens with zero attached hydrogens (tertiary/aromatic N) is 3. The zero-order valence-electron chi connectivity index (χ0n) is 18.9. The van der Waals surface area contributed by atoms with E-state index in [1.807, 2.05) is 0 Å². The molecule has 1 amide bonds. The van der Waals surface area contributed by atoms with E-state index in [0.717, 1.165) is 4.40 Å². The number of hydrogen-bond donors (Lipinski definition) is 1. The maximum absolute atomic E-state index is 13.6. The zero-order chi connectivity index (χ0) is 27.2. The fourth-order valence-electron chi connectivity index (χ4n) is 3.56. The highest BCUT2D eigenvalue weighted by Crippen LogP contribution is 2.37.